The number of para-hydroxylation sites is 1. The molecule has 0 spiro atoms. The van der Waals surface area contributed by atoms with Crippen LogP contribution in [0.3, 0.4) is 0 Å². The molecule has 0 amide bonds. The molecule has 1 aliphatic heterocycles. The first kappa shape index (κ1) is 18.6. The van der Waals surface area contributed by atoms with Crippen LogP contribution in [0.5, 0.6) is 0 Å². The van der Waals surface area contributed by atoms with Gasteiger partial charge in [-0.1, -0.05) is 24.3 Å². The Balaban J connectivity index is 1.83. The monoisotopic (exact) mass is 378 g/mol. The number of rotatable bonds is 4. The zero-order chi connectivity index (χ0) is 19.7. The van der Waals surface area contributed by atoms with Crippen molar-refractivity contribution in [1.82, 2.24) is 0 Å². The lowest BCUT2D eigenvalue weighted by atomic mass is 10.00. The highest BCUT2D eigenvalue weighted by molar-refractivity contribution is 5.83. The van der Waals surface area contributed by atoms with E-state index in [4.69, 9.17) is 9.15 Å². The van der Waals surface area contributed by atoms with Crippen LogP contribution in [0, 0.1) is 13.8 Å². The van der Waals surface area contributed by atoms with E-state index in [0.717, 1.165) is 29.9 Å². The summed E-state index contributed by atoms with van der Waals surface area (Å²) < 4.78 is 11.8. The summed E-state index contributed by atoms with van der Waals surface area (Å²) in [6.07, 6.45) is 0. The van der Waals surface area contributed by atoms with Gasteiger partial charge < -0.3 is 19.4 Å². The second-order valence-corrected chi connectivity index (χ2v) is 7.42. The number of benzene rings is 2. The van der Waals surface area contributed by atoms with Gasteiger partial charge in [-0.25, -0.2) is 0 Å². The minimum atomic E-state index is -0.00630. The first-order chi connectivity index (χ1) is 13.5. The molecule has 1 atom stereocenters. The average molecular weight is 378 g/mol. The van der Waals surface area contributed by atoms with Gasteiger partial charge in [0.25, 0.3) is 0 Å². The molecule has 5 nitrogen and oxygen atoms in total. The van der Waals surface area contributed by atoms with Crippen LogP contribution in [0.25, 0.3) is 11.0 Å². The van der Waals surface area contributed by atoms with Crippen molar-refractivity contribution in [1.29, 1.82) is 0 Å². The molecule has 2 heterocycles. The van der Waals surface area contributed by atoms with Crippen LogP contribution < -0.4 is 15.6 Å². The normalized spacial score (nSPS) is 15.6. The van der Waals surface area contributed by atoms with Gasteiger partial charge in [-0.3, -0.25) is 4.79 Å². The van der Waals surface area contributed by atoms with Crippen molar-refractivity contribution in [2.24, 2.45) is 0 Å². The van der Waals surface area contributed by atoms with Gasteiger partial charge in [-0.2, -0.15) is 0 Å². The summed E-state index contributed by atoms with van der Waals surface area (Å²) in [5.74, 6) is 0.665. The largest absolute Gasteiger partial charge is 0.440 e. The Morgan fingerprint density at radius 1 is 1.07 bits per heavy atom. The third-order valence-electron chi connectivity index (χ3n) is 5.29. The van der Waals surface area contributed by atoms with Crippen molar-refractivity contribution in [2.45, 2.75) is 26.8 Å². The Morgan fingerprint density at radius 3 is 2.50 bits per heavy atom. The van der Waals surface area contributed by atoms with Gasteiger partial charge in [-0.05, 0) is 44.5 Å². The minimum absolute atomic E-state index is 0.00630. The second-order valence-electron chi connectivity index (χ2n) is 7.42. The molecular weight excluding hydrogens is 352 g/mol. The Kier molecular flexibility index (Phi) is 5.09. The fourth-order valence-electron chi connectivity index (χ4n) is 3.81. The lowest BCUT2D eigenvalue weighted by Crippen LogP contribution is -2.37. The number of fused-ring (bicyclic) bond motifs is 1. The fourth-order valence-corrected chi connectivity index (χ4v) is 3.81. The lowest BCUT2D eigenvalue weighted by molar-refractivity contribution is 0.120. The number of morpholine rings is 1. The summed E-state index contributed by atoms with van der Waals surface area (Å²) >= 11 is 0. The molecule has 5 heteroatoms. The average Bonchev–Trinajstić information content (AvgIpc) is 2.72. The van der Waals surface area contributed by atoms with E-state index in [-0.39, 0.29) is 11.5 Å². The van der Waals surface area contributed by atoms with E-state index in [9.17, 15) is 4.79 Å². The topological polar surface area (TPSA) is 54.7 Å². The van der Waals surface area contributed by atoms with Crippen LogP contribution in [-0.4, -0.2) is 26.3 Å². The van der Waals surface area contributed by atoms with Gasteiger partial charge in [0.05, 0.1) is 30.2 Å². The number of hydrogen-bond acceptors (Lipinski definition) is 5. The molecule has 2 aromatic carbocycles. The van der Waals surface area contributed by atoms with Crippen molar-refractivity contribution < 1.29 is 9.15 Å². The molecule has 1 unspecified atom stereocenters. The fraction of sp³-hybridized carbons (Fsp3) is 0.348. The third kappa shape index (κ3) is 3.50. The van der Waals surface area contributed by atoms with E-state index in [1.165, 1.54) is 0 Å². The molecular formula is C23H26N2O3. The molecule has 0 saturated carbocycles. The van der Waals surface area contributed by atoms with Gasteiger partial charge in [0.2, 0.25) is 5.88 Å². The van der Waals surface area contributed by atoms with E-state index >= 15 is 0 Å². The number of aryl methyl sites for hydroxylation is 1. The summed E-state index contributed by atoms with van der Waals surface area (Å²) in [5, 5.41) is 4.16. The lowest BCUT2D eigenvalue weighted by Gasteiger charge is -2.29. The Bertz CT molecular complexity index is 1040. The third-order valence-corrected chi connectivity index (χ3v) is 5.29. The van der Waals surface area contributed by atoms with Crippen LogP contribution in [0.1, 0.15) is 29.7 Å². The van der Waals surface area contributed by atoms with E-state index in [1.54, 1.807) is 0 Å². The SMILES string of the molecule is Cc1cc(C(C)Nc2ccccc2)c2oc(N3CCOCC3)c(C)c(=O)c2c1. The van der Waals surface area contributed by atoms with Crippen LogP contribution in [0.2, 0.25) is 0 Å². The highest BCUT2D eigenvalue weighted by Crippen LogP contribution is 2.31. The van der Waals surface area contributed by atoms with Gasteiger partial charge >= 0.3 is 0 Å². The molecule has 3 aromatic rings. The van der Waals surface area contributed by atoms with Crippen molar-refractivity contribution in [3.63, 3.8) is 0 Å². The molecule has 1 fully saturated rings. The van der Waals surface area contributed by atoms with E-state index in [1.807, 2.05) is 50.2 Å². The molecule has 28 heavy (non-hydrogen) atoms. The molecule has 1 aromatic heterocycles. The van der Waals surface area contributed by atoms with Crippen molar-refractivity contribution in [3.05, 3.63) is 69.4 Å². The summed E-state index contributed by atoms with van der Waals surface area (Å²) in [5.41, 5.74) is 4.45. The number of hydrogen-bond donors (Lipinski definition) is 1. The van der Waals surface area contributed by atoms with E-state index in [2.05, 4.69) is 23.2 Å². The molecule has 0 aliphatic carbocycles. The predicted molar refractivity (Wildman–Crippen MR) is 113 cm³/mol. The Hall–Kier alpha value is -2.79. The molecule has 0 radical (unpaired) electrons. The summed E-state index contributed by atoms with van der Waals surface area (Å²) in [6.45, 7) is 8.71. The predicted octanol–water partition coefficient (Wildman–Crippen LogP) is 4.42. The van der Waals surface area contributed by atoms with Crippen molar-refractivity contribution in [3.8, 4) is 0 Å². The highest BCUT2D eigenvalue weighted by atomic mass is 16.5. The van der Waals surface area contributed by atoms with Crippen LogP contribution >= 0.6 is 0 Å². The van der Waals surface area contributed by atoms with E-state index < -0.39 is 0 Å². The first-order valence-corrected chi connectivity index (χ1v) is 9.77. The van der Waals surface area contributed by atoms with Crippen molar-refractivity contribution in [2.75, 3.05) is 36.5 Å². The zero-order valence-electron chi connectivity index (χ0n) is 16.6. The van der Waals surface area contributed by atoms with Gasteiger partial charge in [0.15, 0.2) is 5.43 Å². The highest BCUT2D eigenvalue weighted by Gasteiger charge is 2.22. The van der Waals surface area contributed by atoms with Crippen LogP contribution in [0.4, 0.5) is 11.6 Å². The number of anilines is 2. The molecule has 146 valence electrons. The zero-order valence-corrected chi connectivity index (χ0v) is 16.6. The summed E-state index contributed by atoms with van der Waals surface area (Å²) in [7, 11) is 0. The van der Waals surface area contributed by atoms with Gasteiger partial charge in [0.1, 0.15) is 5.58 Å². The number of ether oxygens (including phenoxy) is 1. The molecule has 4 rings (SSSR count). The standard InChI is InChI=1S/C23H26N2O3/c1-15-13-19(17(3)24-18-7-5-4-6-8-18)22-20(14-15)21(26)16(2)23(28-22)25-9-11-27-12-10-25/h4-8,13-14,17,24H,9-12H2,1-3H3. The first-order valence-electron chi connectivity index (χ1n) is 9.77. The Morgan fingerprint density at radius 2 is 1.79 bits per heavy atom. The van der Waals surface area contributed by atoms with E-state index in [0.29, 0.717) is 35.6 Å². The second kappa shape index (κ2) is 7.68. The van der Waals surface area contributed by atoms with Crippen LogP contribution in [-0.2, 0) is 4.74 Å². The van der Waals surface area contributed by atoms with Gasteiger partial charge in [-0.15, -0.1) is 0 Å². The maximum atomic E-state index is 13.1. The maximum Gasteiger partial charge on any atom is 0.203 e. The van der Waals surface area contributed by atoms with Gasteiger partial charge in [0, 0.05) is 24.3 Å². The molecule has 1 N–H and O–H groups in total. The maximum absolute atomic E-state index is 13.1. The molecule has 1 aliphatic rings. The van der Waals surface area contributed by atoms with Crippen molar-refractivity contribution >= 4 is 22.5 Å². The number of nitrogens with one attached hydrogen (secondary N) is 1. The minimum Gasteiger partial charge on any atom is -0.440 e. The summed E-state index contributed by atoms with van der Waals surface area (Å²) in [4.78, 5) is 15.2. The Labute approximate surface area is 164 Å². The van der Waals surface area contributed by atoms with Crippen LogP contribution in [0.15, 0.2) is 51.7 Å². The quantitative estimate of drug-likeness (QED) is 0.728. The molecule has 1 saturated heterocycles. The molecule has 0 bridgehead atoms. The number of nitrogens with zero attached hydrogens (tertiary/aromatic N) is 1. The smallest absolute Gasteiger partial charge is 0.203 e. The summed E-state index contributed by atoms with van der Waals surface area (Å²) in [6, 6.07) is 14.1.